The number of halogens is 1. The van der Waals surface area contributed by atoms with E-state index < -0.39 is 11.5 Å². The van der Waals surface area contributed by atoms with Gasteiger partial charge in [-0.25, -0.2) is 9.38 Å². The highest BCUT2D eigenvalue weighted by molar-refractivity contribution is 6.12. The summed E-state index contributed by atoms with van der Waals surface area (Å²) in [5.74, 6) is 0.0720. The van der Waals surface area contributed by atoms with E-state index in [1.807, 2.05) is 41.3 Å². The van der Waals surface area contributed by atoms with E-state index in [0.29, 0.717) is 11.5 Å². The maximum absolute atomic E-state index is 13.7. The molecule has 0 radical (unpaired) electrons. The Kier molecular flexibility index (Phi) is 6.12. The average molecular weight is 446 g/mol. The Bertz CT molecular complexity index is 1230. The van der Waals surface area contributed by atoms with E-state index in [0.717, 1.165) is 49.0 Å². The van der Waals surface area contributed by atoms with Gasteiger partial charge in [-0.3, -0.25) is 24.7 Å². The summed E-state index contributed by atoms with van der Waals surface area (Å²) >= 11 is 0. The molecular formula is C24H23FN6O2. The number of fused-ring (bicyclic) bond motifs is 1. The van der Waals surface area contributed by atoms with Crippen molar-refractivity contribution in [3.05, 3.63) is 84.2 Å². The van der Waals surface area contributed by atoms with Crippen LogP contribution in [0.25, 0.3) is 11.1 Å². The second-order valence-electron chi connectivity index (χ2n) is 7.62. The monoisotopic (exact) mass is 446 g/mol. The van der Waals surface area contributed by atoms with Crippen molar-refractivity contribution >= 4 is 17.8 Å². The van der Waals surface area contributed by atoms with Gasteiger partial charge in [0.05, 0.1) is 6.20 Å². The zero-order valence-corrected chi connectivity index (χ0v) is 18.0. The smallest absolute Gasteiger partial charge is 0.300 e. The number of aliphatic carboxylic acids is 1. The predicted octanol–water partition coefficient (Wildman–Crippen LogP) is 3.05. The minimum absolute atomic E-state index is 0.372. The molecule has 0 saturated carbocycles. The van der Waals surface area contributed by atoms with Gasteiger partial charge in [0, 0.05) is 44.2 Å². The maximum Gasteiger partial charge on any atom is 0.300 e. The van der Waals surface area contributed by atoms with Crippen LogP contribution in [0, 0.1) is 5.82 Å². The Hall–Kier alpha value is -4.14. The fourth-order valence-corrected chi connectivity index (χ4v) is 4.06. The van der Waals surface area contributed by atoms with Gasteiger partial charge < -0.3 is 10.8 Å². The first-order valence-corrected chi connectivity index (χ1v) is 10.4. The Morgan fingerprint density at radius 2 is 1.85 bits per heavy atom. The molecule has 1 unspecified atom stereocenters. The number of nitrogens with zero attached hydrogens (tertiary/aromatic N) is 5. The topological polar surface area (TPSA) is 117 Å². The van der Waals surface area contributed by atoms with Crippen molar-refractivity contribution < 1.29 is 14.3 Å². The molecule has 1 atom stereocenters. The number of rotatable bonds is 3. The first-order chi connectivity index (χ1) is 15.9. The maximum atomic E-state index is 13.7. The van der Waals surface area contributed by atoms with Crippen molar-refractivity contribution in [2.24, 2.45) is 15.7 Å². The van der Waals surface area contributed by atoms with Gasteiger partial charge in [0.2, 0.25) is 0 Å². The van der Waals surface area contributed by atoms with Crippen LogP contribution in [0.1, 0.15) is 24.5 Å². The van der Waals surface area contributed by atoms with Crippen LogP contribution in [-0.2, 0) is 10.3 Å². The van der Waals surface area contributed by atoms with E-state index in [1.54, 1.807) is 18.6 Å². The number of carbonyl (C=O) groups is 1. The Morgan fingerprint density at radius 3 is 2.58 bits per heavy atom. The molecule has 33 heavy (non-hydrogen) atoms. The van der Waals surface area contributed by atoms with Crippen molar-refractivity contribution in [3.63, 3.8) is 0 Å². The summed E-state index contributed by atoms with van der Waals surface area (Å²) in [7, 11) is 0. The van der Waals surface area contributed by atoms with E-state index in [4.69, 9.17) is 25.6 Å². The van der Waals surface area contributed by atoms with Crippen LogP contribution in [0.4, 0.5) is 4.39 Å². The normalized spacial score (nSPS) is 19.0. The van der Waals surface area contributed by atoms with Crippen LogP contribution in [0.3, 0.4) is 0 Å². The number of amidine groups is 1. The van der Waals surface area contributed by atoms with E-state index >= 15 is 0 Å². The third-order valence-corrected chi connectivity index (χ3v) is 5.36. The number of nitrogens with two attached hydrogens (primary N) is 1. The SMILES string of the molecule is CC(=O)O.NC1=NC(c2ccncc2)(c2cccc(-c3cncc(F)c3)c2)C2=NCCCN12. The van der Waals surface area contributed by atoms with Gasteiger partial charge in [-0.2, -0.15) is 0 Å². The minimum Gasteiger partial charge on any atom is -0.481 e. The lowest BCUT2D eigenvalue weighted by Crippen LogP contribution is -2.46. The Labute approximate surface area is 190 Å². The second-order valence-corrected chi connectivity index (χ2v) is 7.62. The number of carboxylic acid groups (broad SMARTS) is 1. The zero-order valence-electron chi connectivity index (χ0n) is 18.0. The summed E-state index contributed by atoms with van der Waals surface area (Å²) in [6, 6.07) is 13.2. The first-order valence-electron chi connectivity index (χ1n) is 10.4. The summed E-state index contributed by atoms with van der Waals surface area (Å²) in [5, 5.41) is 7.42. The highest BCUT2D eigenvalue weighted by atomic mass is 19.1. The fourth-order valence-electron chi connectivity index (χ4n) is 4.06. The molecule has 0 amide bonds. The summed E-state index contributed by atoms with van der Waals surface area (Å²) in [4.78, 5) is 28.9. The van der Waals surface area contributed by atoms with Crippen molar-refractivity contribution in [3.8, 4) is 11.1 Å². The molecular weight excluding hydrogens is 423 g/mol. The number of hydrogen-bond acceptors (Lipinski definition) is 7. The number of hydrogen-bond donors (Lipinski definition) is 2. The number of aromatic nitrogens is 2. The van der Waals surface area contributed by atoms with Crippen molar-refractivity contribution in [2.45, 2.75) is 18.9 Å². The summed E-state index contributed by atoms with van der Waals surface area (Å²) in [6.45, 7) is 2.60. The number of benzene rings is 1. The van der Waals surface area contributed by atoms with Gasteiger partial charge in [0.1, 0.15) is 11.7 Å². The summed E-state index contributed by atoms with van der Waals surface area (Å²) < 4.78 is 13.7. The molecule has 168 valence electrons. The average Bonchev–Trinajstić information content (AvgIpc) is 3.13. The lowest BCUT2D eigenvalue weighted by molar-refractivity contribution is -0.134. The third kappa shape index (κ3) is 4.30. The first kappa shape index (κ1) is 22.1. The van der Waals surface area contributed by atoms with Gasteiger partial charge in [0.25, 0.3) is 5.97 Å². The van der Waals surface area contributed by atoms with Gasteiger partial charge >= 0.3 is 0 Å². The lowest BCUT2D eigenvalue weighted by atomic mass is 9.81. The van der Waals surface area contributed by atoms with E-state index in [2.05, 4.69) is 9.97 Å². The Balaban J connectivity index is 0.000000601. The zero-order chi connectivity index (χ0) is 23.4. The highest BCUT2D eigenvalue weighted by Crippen LogP contribution is 2.42. The molecule has 0 aliphatic carbocycles. The summed E-state index contributed by atoms with van der Waals surface area (Å²) in [5.41, 5.74) is 8.88. The molecule has 2 aliphatic heterocycles. The fraction of sp³-hybridized carbons (Fsp3) is 0.208. The van der Waals surface area contributed by atoms with Crippen LogP contribution < -0.4 is 5.73 Å². The van der Waals surface area contributed by atoms with Crippen LogP contribution in [-0.4, -0.2) is 50.8 Å². The van der Waals surface area contributed by atoms with Gasteiger partial charge in [-0.1, -0.05) is 18.2 Å². The minimum atomic E-state index is -0.857. The van der Waals surface area contributed by atoms with Crippen LogP contribution >= 0.6 is 0 Å². The molecule has 2 aromatic heterocycles. The molecule has 0 bridgehead atoms. The Morgan fingerprint density at radius 1 is 1.09 bits per heavy atom. The molecule has 3 N–H and O–H groups in total. The second kappa shape index (κ2) is 9.15. The molecule has 9 heteroatoms. The molecule has 0 fully saturated rings. The number of guanidine groups is 1. The molecule has 0 saturated heterocycles. The van der Waals surface area contributed by atoms with Gasteiger partial charge in [0.15, 0.2) is 11.5 Å². The van der Waals surface area contributed by atoms with Crippen LogP contribution in [0.2, 0.25) is 0 Å². The molecule has 8 nitrogen and oxygen atoms in total. The number of pyridine rings is 2. The quantitative estimate of drug-likeness (QED) is 0.639. The van der Waals surface area contributed by atoms with Crippen molar-refractivity contribution in [1.29, 1.82) is 0 Å². The molecule has 3 aromatic rings. The standard InChI is InChI=1S/C22H19FN6.C2H4O2/c23-19-12-16(13-26-14-19)15-3-1-4-18(11-15)22(17-5-8-25-9-6-17)20-27-7-2-10-29(20)21(24)28-22;1-2(3)4/h1,3-6,8-9,11-14H,2,7,10H2,(H2,24,28);1H3,(H,3,4). The van der Waals surface area contributed by atoms with E-state index in [9.17, 15) is 4.39 Å². The van der Waals surface area contributed by atoms with Crippen LogP contribution in [0.5, 0.6) is 0 Å². The number of aliphatic imine (C=N–C) groups is 2. The van der Waals surface area contributed by atoms with Crippen molar-refractivity contribution in [2.75, 3.05) is 13.1 Å². The van der Waals surface area contributed by atoms with Gasteiger partial charge in [-0.05, 0) is 47.4 Å². The third-order valence-electron chi connectivity index (χ3n) is 5.36. The molecule has 4 heterocycles. The molecule has 2 aliphatic rings. The highest BCUT2D eigenvalue weighted by Gasteiger charge is 2.49. The largest absolute Gasteiger partial charge is 0.481 e. The number of carboxylic acids is 1. The predicted molar refractivity (Wildman–Crippen MR) is 123 cm³/mol. The summed E-state index contributed by atoms with van der Waals surface area (Å²) in [6.07, 6.45) is 7.27. The van der Waals surface area contributed by atoms with E-state index in [1.165, 1.54) is 12.3 Å². The molecule has 1 aromatic carbocycles. The molecule has 5 rings (SSSR count). The lowest BCUT2D eigenvalue weighted by Gasteiger charge is -2.33. The van der Waals surface area contributed by atoms with Crippen LogP contribution in [0.15, 0.2) is 77.2 Å². The van der Waals surface area contributed by atoms with Gasteiger partial charge in [-0.15, -0.1) is 0 Å². The van der Waals surface area contributed by atoms with Crippen molar-refractivity contribution in [1.82, 2.24) is 14.9 Å². The van der Waals surface area contributed by atoms with E-state index in [-0.39, 0.29) is 5.82 Å². The molecule has 0 spiro atoms.